The summed E-state index contributed by atoms with van der Waals surface area (Å²) in [6, 6.07) is 15.4. The van der Waals surface area contributed by atoms with Gasteiger partial charge in [-0.25, -0.2) is 18.2 Å². The standard InChI is InChI=1S/C19H19N3O4S2/c1-28(25,26)22-15-9-7-13(8-10-15)11-16(18(23)24)20-19-21-17(12-27-19)14-5-3-2-4-6-14/h2-10,12,16,22H,11H2,1H3,(H,20,21)(H,23,24)/t16-/m0/s1. The molecule has 0 amide bonds. The zero-order valence-corrected chi connectivity index (χ0v) is 16.6. The first-order valence-electron chi connectivity index (χ1n) is 8.37. The Morgan fingerprint density at radius 1 is 1.14 bits per heavy atom. The summed E-state index contributed by atoms with van der Waals surface area (Å²) in [5, 5.41) is 14.9. The van der Waals surface area contributed by atoms with Crippen LogP contribution in [-0.4, -0.2) is 36.8 Å². The SMILES string of the molecule is CS(=O)(=O)Nc1ccc(C[C@H](Nc2nc(-c3ccccc3)cs2)C(=O)O)cc1. The predicted octanol–water partition coefficient (Wildman–Crippen LogP) is 3.29. The Hall–Kier alpha value is -2.91. The molecule has 0 saturated heterocycles. The van der Waals surface area contributed by atoms with Crippen molar-refractivity contribution in [3.63, 3.8) is 0 Å². The van der Waals surface area contributed by atoms with E-state index in [1.165, 1.54) is 11.3 Å². The quantitative estimate of drug-likeness (QED) is 0.519. The Bertz CT molecular complexity index is 1050. The van der Waals surface area contributed by atoms with Crippen molar-refractivity contribution in [3.05, 3.63) is 65.5 Å². The number of carbonyl (C=O) groups is 1. The molecule has 2 aromatic carbocycles. The maximum atomic E-state index is 11.7. The van der Waals surface area contributed by atoms with Crippen molar-refractivity contribution in [2.75, 3.05) is 16.3 Å². The molecule has 3 rings (SSSR count). The lowest BCUT2D eigenvalue weighted by molar-refractivity contribution is -0.137. The molecule has 3 N–H and O–H groups in total. The van der Waals surface area contributed by atoms with Crippen LogP contribution < -0.4 is 10.0 Å². The van der Waals surface area contributed by atoms with Gasteiger partial charge in [0.2, 0.25) is 10.0 Å². The number of hydrogen-bond acceptors (Lipinski definition) is 6. The first-order valence-corrected chi connectivity index (χ1v) is 11.1. The molecule has 3 aromatic rings. The number of carboxylic acid groups (broad SMARTS) is 1. The summed E-state index contributed by atoms with van der Waals surface area (Å²) in [5.41, 5.74) is 2.94. The van der Waals surface area contributed by atoms with E-state index < -0.39 is 22.0 Å². The van der Waals surface area contributed by atoms with Crippen molar-refractivity contribution in [2.24, 2.45) is 0 Å². The fourth-order valence-electron chi connectivity index (χ4n) is 2.59. The van der Waals surface area contributed by atoms with E-state index in [-0.39, 0.29) is 6.42 Å². The lowest BCUT2D eigenvalue weighted by atomic mass is 10.1. The Kier molecular flexibility index (Phi) is 5.96. The molecular weight excluding hydrogens is 398 g/mol. The number of hydrogen-bond donors (Lipinski definition) is 3. The largest absolute Gasteiger partial charge is 0.480 e. The minimum Gasteiger partial charge on any atom is -0.480 e. The molecule has 0 radical (unpaired) electrons. The first kappa shape index (κ1) is 19.8. The number of aromatic nitrogens is 1. The topological polar surface area (TPSA) is 108 Å². The van der Waals surface area contributed by atoms with E-state index in [4.69, 9.17) is 0 Å². The minimum atomic E-state index is -3.35. The summed E-state index contributed by atoms with van der Waals surface area (Å²) in [6.07, 6.45) is 1.30. The lowest BCUT2D eigenvalue weighted by Gasteiger charge is -2.14. The number of benzene rings is 2. The molecule has 28 heavy (non-hydrogen) atoms. The highest BCUT2D eigenvalue weighted by Gasteiger charge is 2.19. The maximum Gasteiger partial charge on any atom is 0.326 e. The molecule has 1 heterocycles. The monoisotopic (exact) mass is 417 g/mol. The third-order valence-corrected chi connectivity index (χ3v) is 5.25. The molecule has 0 spiro atoms. The summed E-state index contributed by atoms with van der Waals surface area (Å²) >= 11 is 1.35. The van der Waals surface area contributed by atoms with Crippen LogP contribution in [0.1, 0.15) is 5.56 Å². The van der Waals surface area contributed by atoms with Crippen molar-refractivity contribution >= 4 is 38.1 Å². The van der Waals surface area contributed by atoms with E-state index in [1.807, 2.05) is 35.7 Å². The van der Waals surface area contributed by atoms with Crippen LogP contribution in [-0.2, 0) is 21.2 Å². The molecule has 0 bridgehead atoms. The molecule has 0 aliphatic heterocycles. The number of aliphatic carboxylic acids is 1. The van der Waals surface area contributed by atoms with Gasteiger partial charge >= 0.3 is 5.97 Å². The van der Waals surface area contributed by atoms with E-state index in [0.29, 0.717) is 10.8 Å². The first-order chi connectivity index (χ1) is 13.3. The van der Waals surface area contributed by atoms with Gasteiger partial charge in [0.25, 0.3) is 0 Å². The third-order valence-electron chi connectivity index (χ3n) is 3.87. The number of thiazole rings is 1. The Morgan fingerprint density at radius 2 is 1.82 bits per heavy atom. The second-order valence-electron chi connectivity index (χ2n) is 6.21. The number of nitrogens with zero attached hydrogens (tertiary/aromatic N) is 1. The fourth-order valence-corrected chi connectivity index (χ4v) is 3.93. The van der Waals surface area contributed by atoms with Crippen molar-refractivity contribution in [2.45, 2.75) is 12.5 Å². The summed E-state index contributed by atoms with van der Waals surface area (Å²) in [7, 11) is -3.35. The highest BCUT2D eigenvalue weighted by atomic mass is 32.2. The average molecular weight is 418 g/mol. The number of anilines is 2. The predicted molar refractivity (Wildman–Crippen MR) is 111 cm³/mol. The molecule has 0 aliphatic carbocycles. The molecule has 9 heteroatoms. The molecule has 0 fully saturated rings. The smallest absolute Gasteiger partial charge is 0.326 e. The van der Waals surface area contributed by atoms with E-state index in [9.17, 15) is 18.3 Å². The van der Waals surface area contributed by atoms with Gasteiger partial charge in [-0.15, -0.1) is 11.3 Å². The third kappa shape index (κ3) is 5.54. The van der Waals surface area contributed by atoms with Crippen LogP contribution in [0.3, 0.4) is 0 Å². The van der Waals surface area contributed by atoms with Gasteiger partial charge < -0.3 is 10.4 Å². The van der Waals surface area contributed by atoms with Gasteiger partial charge in [0, 0.05) is 23.1 Å². The van der Waals surface area contributed by atoms with Crippen LogP contribution in [0.4, 0.5) is 10.8 Å². The van der Waals surface area contributed by atoms with E-state index >= 15 is 0 Å². The van der Waals surface area contributed by atoms with Gasteiger partial charge in [0.1, 0.15) is 6.04 Å². The summed E-state index contributed by atoms with van der Waals surface area (Å²) < 4.78 is 24.9. The van der Waals surface area contributed by atoms with Crippen LogP contribution in [0.2, 0.25) is 0 Å². The van der Waals surface area contributed by atoms with E-state index in [2.05, 4.69) is 15.0 Å². The fraction of sp³-hybridized carbons (Fsp3) is 0.158. The van der Waals surface area contributed by atoms with Crippen LogP contribution in [0.5, 0.6) is 0 Å². The van der Waals surface area contributed by atoms with Crippen molar-refractivity contribution in [3.8, 4) is 11.3 Å². The molecule has 0 aliphatic rings. The molecule has 146 valence electrons. The van der Waals surface area contributed by atoms with Gasteiger partial charge in [-0.2, -0.15) is 0 Å². The molecule has 1 atom stereocenters. The summed E-state index contributed by atoms with van der Waals surface area (Å²) in [4.78, 5) is 16.1. The lowest BCUT2D eigenvalue weighted by Crippen LogP contribution is -2.31. The Labute approximate surface area is 167 Å². The molecule has 1 aromatic heterocycles. The number of sulfonamides is 1. The second-order valence-corrected chi connectivity index (χ2v) is 8.82. The number of carboxylic acids is 1. The van der Waals surface area contributed by atoms with Gasteiger partial charge in [-0.3, -0.25) is 4.72 Å². The second kappa shape index (κ2) is 8.41. The van der Waals surface area contributed by atoms with Crippen molar-refractivity contribution < 1.29 is 18.3 Å². The van der Waals surface area contributed by atoms with Crippen LogP contribution in [0.25, 0.3) is 11.3 Å². The molecule has 0 saturated carbocycles. The van der Waals surface area contributed by atoms with Crippen LogP contribution in [0.15, 0.2) is 60.0 Å². The minimum absolute atomic E-state index is 0.231. The molecule has 7 nitrogen and oxygen atoms in total. The van der Waals surface area contributed by atoms with Gasteiger partial charge in [0.05, 0.1) is 11.9 Å². The van der Waals surface area contributed by atoms with E-state index in [0.717, 1.165) is 23.1 Å². The van der Waals surface area contributed by atoms with E-state index in [1.54, 1.807) is 24.3 Å². The number of rotatable bonds is 8. The Balaban J connectivity index is 1.69. The molecule has 0 unspecified atom stereocenters. The van der Waals surface area contributed by atoms with Crippen molar-refractivity contribution in [1.82, 2.24) is 4.98 Å². The zero-order chi connectivity index (χ0) is 20.1. The highest BCUT2D eigenvalue weighted by Crippen LogP contribution is 2.25. The Morgan fingerprint density at radius 3 is 2.43 bits per heavy atom. The number of nitrogens with one attached hydrogen (secondary N) is 2. The van der Waals surface area contributed by atoms with Crippen LogP contribution in [0, 0.1) is 0 Å². The van der Waals surface area contributed by atoms with Crippen molar-refractivity contribution in [1.29, 1.82) is 0 Å². The van der Waals surface area contributed by atoms with Gasteiger partial charge in [-0.1, -0.05) is 42.5 Å². The average Bonchev–Trinajstić information content (AvgIpc) is 3.11. The van der Waals surface area contributed by atoms with Gasteiger partial charge in [-0.05, 0) is 17.7 Å². The highest BCUT2D eigenvalue weighted by molar-refractivity contribution is 7.92. The molecular formula is C19H19N3O4S2. The van der Waals surface area contributed by atoms with Gasteiger partial charge in [0.15, 0.2) is 5.13 Å². The summed E-state index contributed by atoms with van der Waals surface area (Å²) in [5.74, 6) is -0.991. The maximum absolute atomic E-state index is 11.7. The normalized spacial score (nSPS) is 12.3. The zero-order valence-electron chi connectivity index (χ0n) is 15.0. The van der Waals surface area contributed by atoms with Crippen LogP contribution >= 0.6 is 11.3 Å². The summed E-state index contributed by atoms with van der Waals surface area (Å²) in [6.45, 7) is 0.